The number of esters is 1. The van der Waals surface area contributed by atoms with E-state index >= 15 is 0 Å². The van der Waals surface area contributed by atoms with Crippen LogP contribution in [0, 0.1) is 5.92 Å². The first kappa shape index (κ1) is 18.9. The first-order chi connectivity index (χ1) is 12.6. The minimum absolute atomic E-state index is 0.216. The molecule has 0 aliphatic carbocycles. The van der Waals surface area contributed by atoms with Crippen LogP contribution in [0.3, 0.4) is 0 Å². The number of carbonyl (C=O) groups is 1. The third kappa shape index (κ3) is 4.63. The Balaban J connectivity index is 1.69. The van der Waals surface area contributed by atoms with Gasteiger partial charge in [0.1, 0.15) is 0 Å². The van der Waals surface area contributed by atoms with E-state index in [1.165, 1.54) is 7.11 Å². The number of likely N-dealkylation sites (N-methyl/N-ethyl adjacent to an activating group) is 1. The molecule has 1 saturated heterocycles. The lowest BCUT2D eigenvalue weighted by Gasteiger charge is -2.33. The van der Waals surface area contributed by atoms with Gasteiger partial charge in [-0.25, -0.2) is 0 Å². The van der Waals surface area contributed by atoms with Crippen molar-refractivity contribution >= 4 is 17.6 Å². The number of rotatable bonds is 6. The molecule has 1 aliphatic heterocycles. The third-order valence-corrected chi connectivity index (χ3v) is 5.09. The lowest BCUT2D eigenvalue weighted by molar-refractivity contribution is -0.146. The second-order valence-electron chi connectivity index (χ2n) is 6.69. The molecule has 140 valence electrons. The van der Waals surface area contributed by atoms with Crippen LogP contribution < -0.4 is 0 Å². The normalized spacial score (nSPS) is 17.2. The van der Waals surface area contributed by atoms with Crippen molar-refractivity contribution < 1.29 is 14.1 Å². The lowest BCUT2D eigenvalue weighted by Crippen LogP contribution is -2.47. The van der Waals surface area contributed by atoms with E-state index in [1.54, 1.807) is 0 Å². The van der Waals surface area contributed by atoms with E-state index in [2.05, 4.69) is 22.0 Å². The first-order valence-corrected chi connectivity index (χ1v) is 9.14. The van der Waals surface area contributed by atoms with Gasteiger partial charge < -0.3 is 14.2 Å². The number of benzene rings is 1. The van der Waals surface area contributed by atoms with E-state index in [9.17, 15) is 4.79 Å². The summed E-state index contributed by atoms with van der Waals surface area (Å²) < 4.78 is 10.4. The highest BCUT2D eigenvalue weighted by molar-refractivity contribution is 6.33. The zero-order valence-electron chi connectivity index (χ0n) is 15.2. The molecule has 7 heteroatoms. The molecule has 0 N–H and O–H groups in total. The highest BCUT2D eigenvalue weighted by Gasteiger charge is 2.26. The van der Waals surface area contributed by atoms with E-state index < -0.39 is 0 Å². The van der Waals surface area contributed by atoms with Crippen LogP contribution in [0.1, 0.15) is 5.69 Å². The van der Waals surface area contributed by atoms with Gasteiger partial charge in [0.25, 0.3) is 0 Å². The van der Waals surface area contributed by atoms with Gasteiger partial charge in [-0.05, 0) is 19.2 Å². The quantitative estimate of drug-likeness (QED) is 0.721. The summed E-state index contributed by atoms with van der Waals surface area (Å²) in [6.07, 6.45) is 0.479. The van der Waals surface area contributed by atoms with E-state index in [1.807, 2.05) is 30.3 Å². The summed E-state index contributed by atoms with van der Waals surface area (Å²) in [5.74, 6) is 0.118. The Kier molecular flexibility index (Phi) is 6.29. The first-order valence-electron chi connectivity index (χ1n) is 8.76. The smallest absolute Gasteiger partial charge is 0.310 e. The van der Waals surface area contributed by atoms with Gasteiger partial charge in [-0.15, -0.1) is 0 Å². The molecule has 1 aromatic carbocycles. The van der Waals surface area contributed by atoms with E-state index in [-0.39, 0.29) is 11.9 Å². The highest BCUT2D eigenvalue weighted by Crippen LogP contribution is 2.28. The van der Waals surface area contributed by atoms with Crippen molar-refractivity contribution in [2.75, 3.05) is 46.9 Å². The Morgan fingerprint density at radius 3 is 2.73 bits per heavy atom. The largest absolute Gasteiger partial charge is 0.469 e. The van der Waals surface area contributed by atoms with Gasteiger partial charge in [-0.1, -0.05) is 28.9 Å². The molecule has 3 rings (SSSR count). The van der Waals surface area contributed by atoms with Crippen LogP contribution in [0.5, 0.6) is 0 Å². The van der Waals surface area contributed by atoms with Crippen LogP contribution >= 0.6 is 11.6 Å². The number of carbonyl (C=O) groups excluding carboxylic acids is 1. The second-order valence-corrected chi connectivity index (χ2v) is 7.10. The molecule has 1 fully saturated rings. The second kappa shape index (κ2) is 8.66. The third-order valence-electron chi connectivity index (χ3n) is 4.76. The van der Waals surface area contributed by atoms with Crippen molar-refractivity contribution in [3.63, 3.8) is 0 Å². The highest BCUT2D eigenvalue weighted by atomic mass is 35.5. The summed E-state index contributed by atoms with van der Waals surface area (Å²) in [6, 6.07) is 9.31. The molecule has 0 saturated carbocycles. The number of aromatic nitrogens is 1. The topological polar surface area (TPSA) is 58.8 Å². The summed E-state index contributed by atoms with van der Waals surface area (Å²) in [5, 5.41) is 4.74. The molecular weight excluding hydrogens is 354 g/mol. The fourth-order valence-electron chi connectivity index (χ4n) is 3.18. The summed E-state index contributed by atoms with van der Waals surface area (Å²) in [6.45, 7) is 4.58. The zero-order chi connectivity index (χ0) is 18.5. The molecule has 1 aromatic heterocycles. The van der Waals surface area contributed by atoms with Crippen molar-refractivity contribution in [1.82, 2.24) is 15.0 Å². The Morgan fingerprint density at radius 2 is 2.04 bits per heavy atom. The monoisotopic (exact) mass is 377 g/mol. The van der Waals surface area contributed by atoms with Crippen LogP contribution in [0.4, 0.5) is 0 Å². The fourth-order valence-corrected chi connectivity index (χ4v) is 3.41. The minimum Gasteiger partial charge on any atom is -0.469 e. The molecule has 2 aromatic rings. The Bertz CT molecular complexity index is 741. The van der Waals surface area contributed by atoms with Gasteiger partial charge in [0.15, 0.2) is 5.76 Å². The molecule has 0 radical (unpaired) electrons. The van der Waals surface area contributed by atoms with Crippen LogP contribution in [0.15, 0.2) is 34.9 Å². The fraction of sp³-hybridized carbons (Fsp3) is 0.474. The number of nitrogens with zero attached hydrogens (tertiary/aromatic N) is 3. The molecule has 2 heterocycles. The molecule has 0 bridgehead atoms. The lowest BCUT2D eigenvalue weighted by atomic mass is 10.0. The van der Waals surface area contributed by atoms with Gasteiger partial charge in [0, 0.05) is 50.8 Å². The minimum atomic E-state index is -0.271. The Morgan fingerprint density at radius 1 is 1.31 bits per heavy atom. The predicted molar refractivity (Wildman–Crippen MR) is 100 cm³/mol. The molecular formula is C19H24ClN3O3. The van der Waals surface area contributed by atoms with Gasteiger partial charge in [0.2, 0.25) is 0 Å². The molecule has 6 nitrogen and oxygen atoms in total. The number of halogens is 1. The predicted octanol–water partition coefficient (Wildman–Crippen LogP) is 2.57. The Labute approximate surface area is 158 Å². The average Bonchev–Trinajstić information content (AvgIpc) is 3.11. The summed E-state index contributed by atoms with van der Waals surface area (Å²) >= 11 is 6.21. The van der Waals surface area contributed by atoms with Crippen LogP contribution in [0.25, 0.3) is 11.3 Å². The molecule has 0 unspecified atom stereocenters. The van der Waals surface area contributed by atoms with Crippen LogP contribution in [0.2, 0.25) is 5.02 Å². The maximum Gasteiger partial charge on any atom is 0.310 e. The zero-order valence-corrected chi connectivity index (χ0v) is 15.9. The SMILES string of the molecule is COC(=O)[C@H](Cc1cc(-c2ccccc2Cl)on1)CN1CCN(C)CC1. The number of piperazine rings is 1. The molecule has 0 amide bonds. The van der Waals surface area contributed by atoms with Gasteiger partial charge in [-0.2, -0.15) is 0 Å². The van der Waals surface area contributed by atoms with Crippen molar-refractivity contribution in [1.29, 1.82) is 0 Å². The summed E-state index contributed by atoms with van der Waals surface area (Å²) in [4.78, 5) is 16.8. The molecule has 0 spiro atoms. The van der Waals surface area contributed by atoms with E-state index in [0.29, 0.717) is 23.7 Å². The maximum absolute atomic E-state index is 12.2. The summed E-state index contributed by atoms with van der Waals surface area (Å²) in [5.41, 5.74) is 1.52. The Hall–Kier alpha value is -1.89. The van der Waals surface area contributed by atoms with Crippen molar-refractivity contribution in [2.24, 2.45) is 5.92 Å². The van der Waals surface area contributed by atoms with Crippen molar-refractivity contribution in [3.05, 3.63) is 41.0 Å². The van der Waals surface area contributed by atoms with E-state index in [0.717, 1.165) is 37.4 Å². The standard InChI is InChI=1S/C19H24ClN3O3/c1-22-7-9-23(10-8-22)13-14(19(24)25-2)11-15-12-18(26-21-15)16-5-3-4-6-17(16)20/h3-6,12,14H,7-11,13H2,1-2H3/t14-/m1/s1. The molecule has 1 aliphatic rings. The van der Waals surface area contributed by atoms with Gasteiger partial charge >= 0.3 is 5.97 Å². The number of methoxy groups -OCH3 is 1. The van der Waals surface area contributed by atoms with Gasteiger partial charge in [0.05, 0.1) is 23.7 Å². The number of hydrogen-bond donors (Lipinski definition) is 0. The molecule has 1 atom stereocenters. The average molecular weight is 378 g/mol. The maximum atomic E-state index is 12.2. The van der Waals surface area contributed by atoms with Crippen molar-refractivity contribution in [3.8, 4) is 11.3 Å². The van der Waals surface area contributed by atoms with Crippen molar-refractivity contribution in [2.45, 2.75) is 6.42 Å². The number of hydrogen-bond acceptors (Lipinski definition) is 6. The van der Waals surface area contributed by atoms with Gasteiger partial charge in [-0.3, -0.25) is 9.69 Å². The summed E-state index contributed by atoms with van der Waals surface area (Å²) in [7, 11) is 3.54. The van der Waals surface area contributed by atoms with Crippen LogP contribution in [-0.4, -0.2) is 67.8 Å². The molecule has 26 heavy (non-hydrogen) atoms. The van der Waals surface area contributed by atoms with Crippen LogP contribution in [-0.2, 0) is 16.0 Å². The number of ether oxygens (including phenoxy) is 1. The van der Waals surface area contributed by atoms with E-state index in [4.69, 9.17) is 20.9 Å².